The molecule has 164 valence electrons. The number of carbonyl (C=O) groups excluding carboxylic acids is 1. The van der Waals surface area contributed by atoms with Gasteiger partial charge in [-0.3, -0.25) is 4.99 Å². The molecule has 1 N–H and O–H groups in total. The Hall–Kier alpha value is -4.13. The lowest BCUT2D eigenvalue weighted by Crippen LogP contribution is -2.28. The number of carbonyl (C=O) groups is 2. The van der Waals surface area contributed by atoms with E-state index in [-0.39, 0.29) is 11.3 Å². The van der Waals surface area contributed by atoms with Gasteiger partial charge in [0, 0.05) is 6.21 Å². The number of hydrogen-bond acceptors (Lipinski definition) is 6. The minimum Gasteiger partial charge on any atom is -0.493 e. The number of esters is 1. The molecule has 1 atom stereocenters. The molecule has 0 radical (unpaired) electrons. The summed E-state index contributed by atoms with van der Waals surface area (Å²) in [6.07, 6.45) is 0.690. The fraction of sp³-hybridized carbons (Fsp3) is 0.160. The third kappa shape index (κ3) is 5.72. The first-order chi connectivity index (χ1) is 15.4. The first-order valence-electron chi connectivity index (χ1n) is 9.87. The second kappa shape index (κ2) is 10.3. The van der Waals surface area contributed by atoms with E-state index < -0.39 is 18.0 Å². The second-order valence-corrected chi connectivity index (χ2v) is 6.99. The molecule has 0 saturated heterocycles. The van der Waals surface area contributed by atoms with Gasteiger partial charge in [-0.25, -0.2) is 9.59 Å². The standard InChI is InChI=1S/C25H23NO6/c1-16-8-11-19(12-9-16)31-17(2)25(29)32-22-13-10-18(14-23(22)30-3)15-26-21-7-5-4-6-20(21)24(27)28/h4-15,17H,1-3H3,(H,27,28). The first-order valence-corrected chi connectivity index (χ1v) is 9.87. The summed E-state index contributed by atoms with van der Waals surface area (Å²) in [6, 6.07) is 18.7. The molecular formula is C25H23NO6. The van der Waals surface area contributed by atoms with Crippen LogP contribution < -0.4 is 14.2 Å². The van der Waals surface area contributed by atoms with Gasteiger partial charge in [-0.1, -0.05) is 29.8 Å². The fourth-order valence-corrected chi connectivity index (χ4v) is 2.82. The van der Waals surface area contributed by atoms with Crippen molar-refractivity contribution in [2.24, 2.45) is 4.99 Å². The van der Waals surface area contributed by atoms with Crippen molar-refractivity contribution in [3.8, 4) is 17.2 Å². The number of para-hydroxylation sites is 1. The summed E-state index contributed by atoms with van der Waals surface area (Å²) in [5.41, 5.74) is 2.17. The molecule has 7 nitrogen and oxygen atoms in total. The maximum absolute atomic E-state index is 12.5. The molecule has 0 heterocycles. The molecule has 0 amide bonds. The Kier molecular flexibility index (Phi) is 7.23. The summed E-state index contributed by atoms with van der Waals surface area (Å²) < 4.78 is 16.4. The second-order valence-electron chi connectivity index (χ2n) is 6.99. The molecule has 0 aromatic heterocycles. The van der Waals surface area contributed by atoms with Crippen LogP contribution in [0.1, 0.15) is 28.4 Å². The number of benzene rings is 3. The van der Waals surface area contributed by atoms with E-state index in [2.05, 4.69) is 4.99 Å². The Morgan fingerprint density at radius 1 is 1.00 bits per heavy atom. The minimum absolute atomic E-state index is 0.101. The van der Waals surface area contributed by atoms with Crippen molar-refractivity contribution in [2.45, 2.75) is 20.0 Å². The van der Waals surface area contributed by atoms with Crippen molar-refractivity contribution < 1.29 is 28.9 Å². The summed E-state index contributed by atoms with van der Waals surface area (Å²) in [5.74, 6) is -0.489. The van der Waals surface area contributed by atoms with E-state index in [0.29, 0.717) is 22.7 Å². The molecule has 0 spiro atoms. The smallest absolute Gasteiger partial charge is 0.352 e. The maximum atomic E-state index is 12.5. The van der Waals surface area contributed by atoms with Crippen LogP contribution in [0.4, 0.5) is 5.69 Å². The number of hydrogen-bond donors (Lipinski definition) is 1. The molecule has 0 aliphatic heterocycles. The minimum atomic E-state index is -1.06. The summed E-state index contributed by atoms with van der Waals surface area (Å²) in [7, 11) is 1.46. The lowest BCUT2D eigenvalue weighted by atomic mass is 10.2. The lowest BCUT2D eigenvalue weighted by Gasteiger charge is -2.15. The molecule has 0 saturated carbocycles. The molecule has 0 fully saturated rings. The maximum Gasteiger partial charge on any atom is 0.352 e. The van der Waals surface area contributed by atoms with E-state index in [1.807, 2.05) is 19.1 Å². The van der Waals surface area contributed by atoms with Gasteiger partial charge in [0.1, 0.15) is 5.75 Å². The van der Waals surface area contributed by atoms with Gasteiger partial charge in [-0.05, 0) is 61.9 Å². The highest BCUT2D eigenvalue weighted by Gasteiger charge is 2.19. The van der Waals surface area contributed by atoms with Gasteiger partial charge in [0.25, 0.3) is 0 Å². The van der Waals surface area contributed by atoms with Gasteiger partial charge >= 0.3 is 11.9 Å². The van der Waals surface area contributed by atoms with Crippen molar-refractivity contribution >= 4 is 23.8 Å². The normalized spacial score (nSPS) is 11.7. The number of aliphatic imine (C=N–C) groups is 1. The zero-order valence-electron chi connectivity index (χ0n) is 17.9. The molecule has 32 heavy (non-hydrogen) atoms. The third-order valence-corrected chi connectivity index (χ3v) is 4.55. The number of nitrogens with zero attached hydrogens (tertiary/aromatic N) is 1. The van der Waals surface area contributed by atoms with Gasteiger partial charge in [0.05, 0.1) is 18.4 Å². The average Bonchev–Trinajstić information content (AvgIpc) is 2.79. The van der Waals surface area contributed by atoms with Crippen LogP contribution in [0.5, 0.6) is 17.2 Å². The van der Waals surface area contributed by atoms with Gasteiger partial charge < -0.3 is 19.3 Å². The molecule has 3 rings (SSSR count). The highest BCUT2D eigenvalue weighted by Crippen LogP contribution is 2.29. The number of ether oxygens (including phenoxy) is 3. The predicted molar refractivity (Wildman–Crippen MR) is 121 cm³/mol. The molecule has 0 aliphatic rings. The highest BCUT2D eigenvalue weighted by molar-refractivity contribution is 5.95. The van der Waals surface area contributed by atoms with E-state index in [1.54, 1.807) is 55.5 Å². The zero-order valence-corrected chi connectivity index (χ0v) is 17.9. The van der Waals surface area contributed by atoms with Crippen LogP contribution in [0.15, 0.2) is 71.7 Å². The van der Waals surface area contributed by atoms with Crippen LogP contribution in [0, 0.1) is 6.92 Å². The van der Waals surface area contributed by atoms with Crippen LogP contribution in [0.25, 0.3) is 0 Å². The van der Waals surface area contributed by atoms with Gasteiger partial charge in [0.2, 0.25) is 0 Å². The molecule has 0 aliphatic carbocycles. The van der Waals surface area contributed by atoms with Gasteiger partial charge in [0.15, 0.2) is 17.6 Å². The van der Waals surface area contributed by atoms with E-state index >= 15 is 0 Å². The monoisotopic (exact) mass is 433 g/mol. The number of rotatable bonds is 8. The van der Waals surface area contributed by atoms with E-state index in [4.69, 9.17) is 14.2 Å². The van der Waals surface area contributed by atoms with Crippen LogP contribution in [-0.4, -0.2) is 36.5 Å². The molecule has 3 aromatic carbocycles. The molecule has 3 aromatic rings. The van der Waals surface area contributed by atoms with Crippen molar-refractivity contribution in [3.05, 3.63) is 83.4 Å². The van der Waals surface area contributed by atoms with Crippen molar-refractivity contribution in [2.75, 3.05) is 7.11 Å². The number of aryl methyl sites for hydroxylation is 1. The van der Waals surface area contributed by atoms with Crippen LogP contribution in [-0.2, 0) is 4.79 Å². The van der Waals surface area contributed by atoms with Crippen molar-refractivity contribution in [3.63, 3.8) is 0 Å². The topological polar surface area (TPSA) is 94.4 Å². The number of carboxylic acids is 1. The first kappa shape index (κ1) is 22.6. The summed E-state index contributed by atoms with van der Waals surface area (Å²) in [5, 5.41) is 9.26. The van der Waals surface area contributed by atoms with E-state index in [9.17, 15) is 14.7 Å². The van der Waals surface area contributed by atoms with Gasteiger partial charge in [-0.15, -0.1) is 0 Å². The quantitative estimate of drug-likeness (QED) is 0.311. The Bertz CT molecular complexity index is 1140. The van der Waals surface area contributed by atoms with Crippen LogP contribution >= 0.6 is 0 Å². The number of methoxy groups -OCH3 is 1. The van der Waals surface area contributed by atoms with E-state index in [0.717, 1.165) is 5.56 Å². The number of aromatic carboxylic acids is 1. The summed E-state index contributed by atoms with van der Waals surface area (Å²) in [4.78, 5) is 28.0. The molecule has 1 unspecified atom stereocenters. The SMILES string of the molecule is COc1cc(C=Nc2ccccc2C(=O)O)ccc1OC(=O)C(C)Oc1ccc(C)cc1. The Balaban J connectivity index is 1.71. The van der Waals surface area contributed by atoms with Gasteiger partial charge in [-0.2, -0.15) is 0 Å². The number of carboxylic acid groups (broad SMARTS) is 1. The Morgan fingerprint density at radius 3 is 2.41 bits per heavy atom. The predicted octanol–water partition coefficient (Wildman–Crippen LogP) is 4.83. The van der Waals surface area contributed by atoms with E-state index in [1.165, 1.54) is 19.4 Å². The largest absolute Gasteiger partial charge is 0.493 e. The highest BCUT2D eigenvalue weighted by atomic mass is 16.6. The fourth-order valence-electron chi connectivity index (χ4n) is 2.82. The Morgan fingerprint density at radius 2 is 1.72 bits per heavy atom. The molecular weight excluding hydrogens is 410 g/mol. The van der Waals surface area contributed by atoms with Crippen LogP contribution in [0.2, 0.25) is 0 Å². The average molecular weight is 433 g/mol. The Labute approximate surface area is 185 Å². The lowest BCUT2D eigenvalue weighted by molar-refractivity contribution is -0.141. The van der Waals surface area contributed by atoms with Crippen molar-refractivity contribution in [1.29, 1.82) is 0 Å². The van der Waals surface area contributed by atoms with Crippen molar-refractivity contribution in [1.82, 2.24) is 0 Å². The van der Waals surface area contributed by atoms with Crippen LogP contribution in [0.3, 0.4) is 0 Å². The molecule has 0 bridgehead atoms. The summed E-state index contributed by atoms with van der Waals surface area (Å²) in [6.45, 7) is 3.57. The zero-order chi connectivity index (χ0) is 23.1. The third-order valence-electron chi connectivity index (χ3n) is 4.55. The summed E-state index contributed by atoms with van der Waals surface area (Å²) >= 11 is 0. The molecule has 7 heteroatoms.